The molecule has 6 heteroatoms. The highest BCUT2D eigenvalue weighted by molar-refractivity contribution is 5.79. The highest BCUT2D eigenvalue weighted by Crippen LogP contribution is 2.01. The van der Waals surface area contributed by atoms with E-state index in [2.05, 4.69) is 10.6 Å². The smallest absolute Gasteiger partial charge is 0.408 e. The van der Waals surface area contributed by atoms with Crippen LogP contribution in [-0.2, 0) is 16.1 Å². The molecule has 1 aromatic rings. The molecule has 0 aromatic heterocycles. The Labute approximate surface area is 124 Å². The number of ether oxygens (including phenoxy) is 1. The van der Waals surface area contributed by atoms with E-state index in [4.69, 9.17) is 9.84 Å². The van der Waals surface area contributed by atoms with Crippen molar-refractivity contribution in [2.75, 3.05) is 6.54 Å². The molecule has 0 aliphatic heterocycles. The lowest BCUT2D eigenvalue weighted by Gasteiger charge is -2.16. The molecule has 21 heavy (non-hydrogen) atoms. The van der Waals surface area contributed by atoms with Crippen LogP contribution < -0.4 is 10.6 Å². The van der Waals surface area contributed by atoms with E-state index < -0.39 is 18.1 Å². The maximum Gasteiger partial charge on any atom is 0.408 e. The molecule has 0 radical (unpaired) electrons. The molecule has 3 N–H and O–H groups in total. The van der Waals surface area contributed by atoms with Gasteiger partial charge in [0, 0.05) is 6.04 Å². The molecule has 0 saturated carbocycles. The van der Waals surface area contributed by atoms with E-state index in [1.54, 1.807) is 0 Å². The minimum Gasteiger partial charge on any atom is -0.480 e. The fourth-order valence-corrected chi connectivity index (χ4v) is 1.68. The lowest BCUT2D eigenvalue weighted by atomic mass is 10.2. The van der Waals surface area contributed by atoms with Crippen molar-refractivity contribution < 1.29 is 19.4 Å². The first-order chi connectivity index (χ1) is 9.99. The number of alkyl carbamates (subject to hydrolysis) is 1. The molecule has 0 aliphatic rings. The summed E-state index contributed by atoms with van der Waals surface area (Å²) in [6.45, 7) is 4.56. The molecular weight excluding hydrogens is 272 g/mol. The number of benzene rings is 1. The van der Waals surface area contributed by atoms with Crippen molar-refractivity contribution in [3.63, 3.8) is 0 Å². The molecule has 1 aromatic carbocycles. The van der Waals surface area contributed by atoms with Gasteiger partial charge >= 0.3 is 12.1 Å². The van der Waals surface area contributed by atoms with E-state index in [0.29, 0.717) is 13.0 Å². The number of hydrogen-bond donors (Lipinski definition) is 3. The van der Waals surface area contributed by atoms with Gasteiger partial charge in [-0.1, -0.05) is 44.2 Å². The zero-order valence-corrected chi connectivity index (χ0v) is 12.3. The number of carbonyl (C=O) groups excluding carboxylic acids is 1. The maximum atomic E-state index is 11.6. The van der Waals surface area contributed by atoms with Crippen molar-refractivity contribution in [3.05, 3.63) is 35.9 Å². The molecule has 116 valence electrons. The van der Waals surface area contributed by atoms with Gasteiger partial charge in [0.05, 0.1) is 0 Å². The van der Waals surface area contributed by atoms with E-state index in [1.165, 1.54) is 0 Å². The van der Waals surface area contributed by atoms with Gasteiger partial charge in [-0.05, 0) is 18.5 Å². The van der Waals surface area contributed by atoms with Gasteiger partial charge in [0.2, 0.25) is 0 Å². The number of rotatable bonds is 8. The Morgan fingerprint density at radius 2 is 1.90 bits per heavy atom. The van der Waals surface area contributed by atoms with Crippen molar-refractivity contribution in [2.24, 2.45) is 0 Å². The number of carbonyl (C=O) groups is 2. The van der Waals surface area contributed by atoms with Gasteiger partial charge in [-0.2, -0.15) is 0 Å². The number of carboxylic acid groups (broad SMARTS) is 1. The highest BCUT2D eigenvalue weighted by Gasteiger charge is 2.20. The Morgan fingerprint density at radius 3 is 2.48 bits per heavy atom. The molecule has 0 saturated heterocycles. The third kappa shape index (κ3) is 7.31. The van der Waals surface area contributed by atoms with Crippen LogP contribution in [0.5, 0.6) is 0 Å². The number of amides is 1. The van der Waals surface area contributed by atoms with Crippen molar-refractivity contribution in [3.8, 4) is 0 Å². The van der Waals surface area contributed by atoms with Gasteiger partial charge in [-0.25, -0.2) is 9.59 Å². The minimum atomic E-state index is -1.07. The first-order valence-corrected chi connectivity index (χ1v) is 6.92. The van der Waals surface area contributed by atoms with E-state index >= 15 is 0 Å². The van der Waals surface area contributed by atoms with Crippen molar-refractivity contribution in [2.45, 2.75) is 39.0 Å². The molecule has 1 rings (SSSR count). The van der Waals surface area contributed by atoms with Gasteiger partial charge in [0.25, 0.3) is 0 Å². The van der Waals surface area contributed by atoms with Crippen LogP contribution in [0.4, 0.5) is 4.79 Å². The predicted molar refractivity (Wildman–Crippen MR) is 78.9 cm³/mol. The fourth-order valence-electron chi connectivity index (χ4n) is 1.68. The highest BCUT2D eigenvalue weighted by atomic mass is 16.5. The zero-order valence-electron chi connectivity index (χ0n) is 12.3. The molecule has 0 aliphatic carbocycles. The predicted octanol–water partition coefficient (Wildman–Crippen LogP) is 1.75. The third-order valence-electron chi connectivity index (χ3n) is 2.79. The second kappa shape index (κ2) is 8.97. The Kier molecular flexibility index (Phi) is 7.25. The van der Waals surface area contributed by atoms with Gasteiger partial charge in [-0.3, -0.25) is 0 Å². The number of carboxylic acids is 1. The Balaban J connectivity index is 2.36. The van der Waals surface area contributed by atoms with Crippen LogP contribution in [-0.4, -0.2) is 35.8 Å². The molecule has 0 heterocycles. The number of aliphatic carboxylic acids is 1. The van der Waals surface area contributed by atoms with Crippen LogP contribution in [0.2, 0.25) is 0 Å². The van der Waals surface area contributed by atoms with Crippen LogP contribution in [0.15, 0.2) is 30.3 Å². The van der Waals surface area contributed by atoms with Gasteiger partial charge < -0.3 is 20.5 Å². The monoisotopic (exact) mass is 294 g/mol. The summed E-state index contributed by atoms with van der Waals surface area (Å²) in [4.78, 5) is 22.7. The van der Waals surface area contributed by atoms with Crippen LogP contribution >= 0.6 is 0 Å². The summed E-state index contributed by atoms with van der Waals surface area (Å²) in [5, 5.41) is 14.5. The number of hydrogen-bond acceptors (Lipinski definition) is 4. The third-order valence-corrected chi connectivity index (χ3v) is 2.79. The second-order valence-corrected chi connectivity index (χ2v) is 4.99. The first kappa shape index (κ1) is 17.0. The normalized spacial score (nSPS) is 12.0. The quantitative estimate of drug-likeness (QED) is 0.680. The summed E-state index contributed by atoms with van der Waals surface area (Å²) in [5.74, 6) is -1.07. The Morgan fingerprint density at radius 1 is 1.24 bits per heavy atom. The molecule has 6 nitrogen and oxygen atoms in total. The van der Waals surface area contributed by atoms with Crippen LogP contribution in [0, 0.1) is 0 Å². The standard InChI is InChI=1S/C15H22N2O4/c1-11(2)16-9-8-13(14(18)19)17-15(20)21-10-12-6-4-3-5-7-12/h3-7,11,13,16H,8-10H2,1-2H3,(H,17,20)(H,18,19)/t13-/m0/s1. The lowest BCUT2D eigenvalue weighted by Crippen LogP contribution is -2.43. The SMILES string of the molecule is CC(C)NCC[C@H](NC(=O)OCc1ccccc1)C(=O)O. The van der Waals surface area contributed by atoms with E-state index in [1.807, 2.05) is 44.2 Å². The maximum absolute atomic E-state index is 11.6. The minimum absolute atomic E-state index is 0.114. The summed E-state index contributed by atoms with van der Waals surface area (Å²) >= 11 is 0. The van der Waals surface area contributed by atoms with E-state index in [9.17, 15) is 9.59 Å². The first-order valence-electron chi connectivity index (χ1n) is 6.92. The van der Waals surface area contributed by atoms with Crippen LogP contribution in [0.1, 0.15) is 25.8 Å². The van der Waals surface area contributed by atoms with Crippen molar-refractivity contribution in [1.82, 2.24) is 10.6 Å². The van der Waals surface area contributed by atoms with E-state index in [-0.39, 0.29) is 12.6 Å². The second-order valence-electron chi connectivity index (χ2n) is 4.99. The summed E-state index contributed by atoms with van der Waals surface area (Å²) < 4.78 is 5.00. The number of nitrogens with one attached hydrogen (secondary N) is 2. The van der Waals surface area contributed by atoms with Crippen molar-refractivity contribution in [1.29, 1.82) is 0 Å². The van der Waals surface area contributed by atoms with Crippen LogP contribution in [0.25, 0.3) is 0 Å². The van der Waals surface area contributed by atoms with Crippen LogP contribution in [0.3, 0.4) is 0 Å². The topological polar surface area (TPSA) is 87.7 Å². The summed E-state index contributed by atoms with van der Waals surface area (Å²) in [5.41, 5.74) is 0.848. The van der Waals surface area contributed by atoms with Gasteiger partial charge in [0.15, 0.2) is 0 Å². The average Bonchev–Trinajstić information content (AvgIpc) is 2.44. The zero-order chi connectivity index (χ0) is 15.7. The lowest BCUT2D eigenvalue weighted by molar-refractivity contribution is -0.139. The molecule has 0 spiro atoms. The Bertz CT molecular complexity index is 448. The summed E-state index contributed by atoms with van der Waals surface area (Å²) in [6.07, 6.45) is -0.427. The average molecular weight is 294 g/mol. The van der Waals surface area contributed by atoms with E-state index in [0.717, 1.165) is 5.56 Å². The molecule has 1 amide bonds. The Hall–Kier alpha value is -2.08. The summed E-state index contributed by atoms with van der Waals surface area (Å²) in [7, 11) is 0. The summed E-state index contributed by atoms with van der Waals surface area (Å²) in [6, 6.07) is 8.51. The van der Waals surface area contributed by atoms with Gasteiger partial charge in [-0.15, -0.1) is 0 Å². The fraction of sp³-hybridized carbons (Fsp3) is 0.467. The molecule has 0 unspecified atom stereocenters. The molecule has 0 fully saturated rings. The van der Waals surface area contributed by atoms with Gasteiger partial charge in [0.1, 0.15) is 12.6 Å². The molecule has 0 bridgehead atoms. The molecule has 1 atom stereocenters. The van der Waals surface area contributed by atoms with Crippen molar-refractivity contribution >= 4 is 12.1 Å². The molecular formula is C15H22N2O4. The largest absolute Gasteiger partial charge is 0.480 e.